The molecule has 0 amide bonds. The van der Waals surface area contributed by atoms with Crippen LogP contribution in [0.2, 0.25) is 0 Å². The molecule has 12 nitrogen and oxygen atoms in total. The van der Waals surface area contributed by atoms with Crippen LogP contribution in [0.15, 0.2) is 121 Å². The van der Waals surface area contributed by atoms with Gasteiger partial charge in [-0.05, 0) is 120 Å². The van der Waals surface area contributed by atoms with Gasteiger partial charge in [0.25, 0.3) is 0 Å². The summed E-state index contributed by atoms with van der Waals surface area (Å²) in [5, 5.41) is 0. The van der Waals surface area contributed by atoms with Crippen molar-refractivity contribution in [2.45, 2.75) is 183 Å². The summed E-state index contributed by atoms with van der Waals surface area (Å²) in [7, 11) is 0. The minimum atomic E-state index is -0.508. The fourth-order valence-corrected chi connectivity index (χ4v) is 14.8. The highest BCUT2D eigenvalue weighted by molar-refractivity contribution is 5.73. The first-order valence-corrected chi connectivity index (χ1v) is 35.8. The second-order valence-corrected chi connectivity index (χ2v) is 26.1. The van der Waals surface area contributed by atoms with Gasteiger partial charge in [-0.25, -0.2) is 0 Å². The van der Waals surface area contributed by atoms with Crippen LogP contribution in [0.1, 0.15) is 242 Å². The summed E-state index contributed by atoms with van der Waals surface area (Å²) in [5.41, 5.74) is 19.9. The minimum Gasteiger partial charge on any atom is -0.457 e. The lowest BCUT2D eigenvalue weighted by molar-refractivity contribution is 0.0718. The average Bonchev–Trinajstić information content (AvgIpc) is 0.719. The van der Waals surface area contributed by atoms with Crippen molar-refractivity contribution in [3.63, 3.8) is 0 Å². The minimum absolute atomic E-state index is 0.132. The molecule has 0 unspecified atom stereocenters. The van der Waals surface area contributed by atoms with E-state index in [0.29, 0.717) is 72.4 Å². The molecule has 0 N–H and O–H groups in total. The van der Waals surface area contributed by atoms with E-state index in [4.69, 9.17) is 56.8 Å². The molecule has 8 bridgehead atoms. The molecule has 13 rings (SSSR count). The summed E-state index contributed by atoms with van der Waals surface area (Å²) >= 11 is 0. The monoisotopic (exact) mass is 1300 g/mol. The molecule has 8 aromatic carbocycles. The van der Waals surface area contributed by atoms with Crippen LogP contribution in [0, 0.1) is 0 Å². The van der Waals surface area contributed by atoms with Gasteiger partial charge in [0.05, 0.1) is 48.7 Å². The molecule has 4 aliphatic heterocycles. The van der Waals surface area contributed by atoms with Crippen molar-refractivity contribution in [1.29, 1.82) is 0 Å². The fourth-order valence-electron chi connectivity index (χ4n) is 14.8. The molecule has 12 heteroatoms. The smallest absolute Gasteiger partial charge is 0.230 e. The normalized spacial score (nSPS) is 17.0. The fraction of sp³-hybridized carbons (Fsp3) is 0.429. The van der Waals surface area contributed by atoms with E-state index >= 15 is 0 Å². The molecule has 0 saturated carbocycles. The van der Waals surface area contributed by atoms with Crippen LogP contribution in [0.3, 0.4) is 0 Å². The number of unbranched alkanes of at least 4 members (excludes halogenated alkanes) is 4. The van der Waals surface area contributed by atoms with Gasteiger partial charge >= 0.3 is 0 Å². The lowest BCUT2D eigenvalue weighted by Crippen LogP contribution is -2.26. The molecule has 0 fully saturated rings. The number of rotatable bonds is 28. The van der Waals surface area contributed by atoms with E-state index in [0.717, 1.165) is 166 Å². The third kappa shape index (κ3) is 13.3. The zero-order chi connectivity index (χ0) is 66.1. The Morgan fingerprint density at radius 1 is 0.260 bits per heavy atom. The Kier molecular flexibility index (Phi) is 21.5. The summed E-state index contributed by atoms with van der Waals surface area (Å²) in [6.07, 6.45) is 11.0. The van der Waals surface area contributed by atoms with Crippen LogP contribution in [0.25, 0.3) is 0 Å². The number of benzene rings is 8. The van der Waals surface area contributed by atoms with Crippen molar-refractivity contribution < 1.29 is 56.8 Å². The lowest BCUT2D eigenvalue weighted by atomic mass is 9.73. The van der Waals surface area contributed by atoms with Crippen molar-refractivity contribution in [3.8, 4) is 46.0 Å². The Labute approximate surface area is 568 Å². The highest BCUT2D eigenvalue weighted by Gasteiger charge is 2.43. The van der Waals surface area contributed by atoms with Gasteiger partial charge < -0.3 is 56.8 Å². The molecule has 0 aromatic heterocycles. The molecule has 5 aliphatic rings. The first-order valence-electron chi connectivity index (χ1n) is 35.8. The van der Waals surface area contributed by atoms with E-state index in [-0.39, 0.29) is 53.6 Å². The zero-order valence-corrected chi connectivity index (χ0v) is 57.7. The maximum atomic E-state index is 7.31. The van der Waals surface area contributed by atoms with Gasteiger partial charge in [0.1, 0.15) is 46.0 Å². The number of hydrogen-bond donors (Lipinski definition) is 0. The predicted octanol–water partition coefficient (Wildman–Crippen LogP) is 19.2. The SMILES string of the molecule is CCCCOCc1c2c3cc4c1OCOc1c(cc5c(c1COCCCC)OCOc1c(cc6c(c1COCCCC)OCOc1c(cc(c(c1COCCCC)OCO2)C3c1ccc(CC)cc1)C6c1ccc(CC)cc1)C5c1ccc(CC)cc1)C4c1ccc(CC)cc1. The third-order valence-corrected chi connectivity index (χ3v) is 20.1. The average molecular weight is 1300 g/mol. The van der Waals surface area contributed by atoms with Crippen molar-refractivity contribution in [1.82, 2.24) is 0 Å². The molecule has 1 aliphatic carbocycles. The Bertz CT molecular complexity index is 3330. The highest BCUT2D eigenvalue weighted by atomic mass is 16.7. The van der Waals surface area contributed by atoms with E-state index in [1.807, 2.05) is 0 Å². The second-order valence-electron chi connectivity index (χ2n) is 26.1. The van der Waals surface area contributed by atoms with E-state index in [1.165, 1.54) is 22.3 Å². The van der Waals surface area contributed by atoms with Crippen LogP contribution in [-0.2, 0) is 71.1 Å². The Hall–Kier alpha value is -8.00. The molecule has 96 heavy (non-hydrogen) atoms. The summed E-state index contributed by atoms with van der Waals surface area (Å²) in [6, 6.07) is 46.0. The van der Waals surface area contributed by atoms with Crippen molar-refractivity contribution >= 4 is 0 Å². The molecular weight excluding hydrogens is 1200 g/mol. The van der Waals surface area contributed by atoms with Crippen LogP contribution < -0.4 is 37.9 Å². The van der Waals surface area contributed by atoms with Crippen LogP contribution in [0.4, 0.5) is 0 Å². The number of ether oxygens (including phenoxy) is 12. The molecule has 504 valence electrons. The predicted molar refractivity (Wildman–Crippen MR) is 376 cm³/mol. The quantitative estimate of drug-likeness (QED) is 0.0435. The molecular formula is C84H96O12. The Morgan fingerprint density at radius 3 is 0.594 bits per heavy atom. The van der Waals surface area contributed by atoms with Gasteiger partial charge in [-0.1, -0.05) is 178 Å². The molecule has 0 saturated heterocycles. The molecule has 0 radical (unpaired) electrons. The van der Waals surface area contributed by atoms with Gasteiger partial charge in [0.15, 0.2) is 0 Å². The maximum Gasteiger partial charge on any atom is 0.230 e. The summed E-state index contributed by atoms with van der Waals surface area (Å²) in [6.45, 7) is 20.1. The van der Waals surface area contributed by atoms with Gasteiger partial charge in [0, 0.05) is 94.6 Å². The van der Waals surface area contributed by atoms with Gasteiger partial charge in [0.2, 0.25) is 27.2 Å². The summed E-state index contributed by atoms with van der Waals surface area (Å²) < 4.78 is 85.9. The zero-order valence-electron chi connectivity index (χ0n) is 57.7. The second kappa shape index (κ2) is 31.0. The topological polar surface area (TPSA) is 111 Å². The molecule has 0 spiro atoms. The third-order valence-electron chi connectivity index (χ3n) is 20.1. The first kappa shape index (κ1) is 66.6. The van der Waals surface area contributed by atoms with Gasteiger partial charge in [-0.15, -0.1) is 0 Å². The highest BCUT2D eigenvalue weighted by Crippen LogP contribution is 2.60. The molecule has 8 aromatic rings. The van der Waals surface area contributed by atoms with Gasteiger partial charge in [-0.2, -0.15) is 0 Å². The van der Waals surface area contributed by atoms with Crippen molar-refractivity contribution in [3.05, 3.63) is 233 Å². The molecule has 4 heterocycles. The molecule has 0 atom stereocenters. The van der Waals surface area contributed by atoms with E-state index in [1.54, 1.807) is 0 Å². The standard InChI is InChI=1S/C84H96O12/c1-9-17-37-85-45-69-77-61-41-62-74(58-31-23-54(14-6)24-32-58)64-43-66-76(60-35-27-56(16-8)28-36-60)68-44-67-75(59-33-25-55(15-7)26-34-59)65-42-63(73(61)57-29-21-53(13-5)22-30-57)79(91-49-89-77)70(46-86-38-18-10-2)81(65)93-51-95-83(67)72(48-88-40-20-12-4)84(68)96-52-94-82(66)71(47-87-39-19-11-3)80(64)92-50-90-78(62)69/h21-36,41-44,73-76H,9-20,37-40,45-52H2,1-8H3. The van der Waals surface area contributed by atoms with E-state index < -0.39 is 23.7 Å². The maximum absolute atomic E-state index is 7.31. The largest absolute Gasteiger partial charge is 0.457 e. The van der Waals surface area contributed by atoms with Crippen LogP contribution in [0.5, 0.6) is 46.0 Å². The van der Waals surface area contributed by atoms with Crippen molar-refractivity contribution in [2.24, 2.45) is 0 Å². The first-order chi connectivity index (χ1) is 47.3. The Balaban J connectivity index is 1.26. The van der Waals surface area contributed by atoms with Crippen molar-refractivity contribution in [2.75, 3.05) is 53.6 Å². The number of hydrogen-bond acceptors (Lipinski definition) is 12. The van der Waals surface area contributed by atoms with E-state index in [2.05, 4.69) is 177 Å². The lowest BCUT2D eigenvalue weighted by Gasteiger charge is -2.38. The van der Waals surface area contributed by atoms with Gasteiger partial charge in [-0.3, -0.25) is 0 Å². The van der Waals surface area contributed by atoms with Crippen LogP contribution in [-0.4, -0.2) is 53.6 Å². The number of aryl methyl sites for hydroxylation is 4. The Morgan fingerprint density at radius 2 is 0.438 bits per heavy atom. The summed E-state index contributed by atoms with van der Waals surface area (Å²) in [5.74, 6) is 3.14. The van der Waals surface area contributed by atoms with E-state index in [9.17, 15) is 0 Å². The summed E-state index contributed by atoms with van der Waals surface area (Å²) in [4.78, 5) is 0. The van der Waals surface area contributed by atoms with Crippen LogP contribution >= 0.6 is 0 Å².